The Morgan fingerprint density at radius 1 is 1.30 bits per heavy atom. The number of nitrogens with one attached hydrogen (secondary N) is 1. The lowest BCUT2D eigenvalue weighted by Gasteiger charge is -2.35. The van der Waals surface area contributed by atoms with Gasteiger partial charge in [-0.3, -0.25) is 4.90 Å². The van der Waals surface area contributed by atoms with Gasteiger partial charge in [-0.1, -0.05) is 37.3 Å². The predicted molar refractivity (Wildman–Crippen MR) is 86.0 cm³/mol. The number of likely N-dealkylation sites (N-methyl/N-ethyl adjacent to an activating group) is 2. The number of nitrogens with zero attached hydrogens (tertiary/aromatic N) is 2. The molecule has 3 heteroatoms. The van der Waals surface area contributed by atoms with Crippen LogP contribution in [0.4, 0.5) is 0 Å². The summed E-state index contributed by atoms with van der Waals surface area (Å²) in [6.07, 6.45) is 2.65. The van der Waals surface area contributed by atoms with E-state index in [9.17, 15) is 0 Å². The minimum absolute atomic E-state index is 0.503. The van der Waals surface area contributed by atoms with E-state index in [2.05, 4.69) is 66.5 Å². The Kier molecular flexibility index (Phi) is 6.02. The van der Waals surface area contributed by atoms with Crippen LogP contribution in [-0.2, 0) is 0 Å². The van der Waals surface area contributed by atoms with E-state index in [1.54, 1.807) is 0 Å². The van der Waals surface area contributed by atoms with E-state index in [1.807, 2.05) is 0 Å². The van der Waals surface area contributed by atoms with E-state index in [0.29, 0.717) is 12.1 Å². The molecule has 1 saturated heterocycles. The van der Waals surface area contributed by atoms with E-state index >= 15 is 0 Å². The molecular formula is C17H29N3. The van der Waals surface area contributed by atoms with Crippen LogP contribution in [0.25, 0.3) is 0 Å². The highest BCUT2D eigenvalue weighted by molar-refractivity contribution is 5.20. The van der Waals surface area contributed by atoms with Gasteiger partial charge >= 0.3 is 0 Å². The number of hydrogen-bond acceptors (Lipinski definition) is 3. The van der Waals surface area contributed by atoms with Crippen molar-refractivity contribution >= 4 is 0 Å². The molecule has 1 aliphatic heterocycles. The van der Waals surface area contributed by atoms with E-state index in [1.165, 1.54) is 24.9 Å². The second-order valence-electron chi connectivity index (χ2n) is 6.03. The lowest BCUT2D eigenvalue weighted by atomic mass is 10.0. The fourth-order valence-corrected chi connectivity index (χ4v) is 3.27. The summed E-state index contributed by atoms with van der Waals surface area (Å²) in [5, 5.41) is 3.54. The normalized spacial score (nSPS) is 21.5. The van der Waals surface area contributed by atoms with Crippen molar-refractivity contribution in [2.45, 2.75) is 31.8 Å². The Labute approximate surface area is 124 Å². The smallest absolute Gasteiger partial charge is 0.0476 e. The summed E-state index contributed by atoms with van der Waals surface area (Å²) in [5.41, 5.74) is 1.44. The fraction of sp³-hybridized carbons (Fsp3) is 0.647. The van der Waals surface area contributed by atoms with E-state index in [4.69, 9.17) is 0 Å². The quantitative estimate of drug-likeness (QED) is 0.824. The highest BCUT2D eigenvalue weighted by Crippen LogP contribution is 2.29. The van der Waals surface area contributed by atoms with Crippen LogP contribution in [0.5, 0.6) is 0 Å². The molecule has 0 amide bonds. The fourth-order valence-electron chi connectivity index (χ4n) is 3.27. The first kappa shape index (κ1) is 15.5. The van der Waals surface area contributed by atoms with Crippen LogP contribution in [0.15, 0.2) is 30.3 Å². The monoisotopic (exact) mass is 275 g/mol. The third-order valence-electron chi connectivity index (χ3n) is 4.17. The molecule has 3 nitrogen and oxygen atoms in total. The molecule has 1 heterocycles. The van der Waals surface area contributed by atoms with Crippen LogP contribution in [0.3, 0.4) is 0 Å². The maximum atomic E-state index is 3.54. The first-order chi connectivity index (χ1) is 9.72. The van der Waals surface area contributed by atoms with Crippen molar-refractivity contribution in [3.05, 3.63) is 35.9 Å². The Bertz CT molecular complexity index is 377. The van der Waals surface area contributed by atoms with Gasteiger partial charge in [0.05, 0.1) is 0 Å². The first-order valence-corrected chi connectivity index (χ1v) is 7.88. The van der Waals surface area contributed by atoms with Gasteiger partial charge in [0.1, 0.15) is 0 Å². The van der Waals surface area contributed by atoms with Gasteiger partial charge < -0.3 is 10.2 Å². The molecule has 1 N–H and O–H groups in total. The Morgan fingerprint density at radius 3 is 2.70 bits per heavy atom. The van der Waals surface area contributed by atoms with Crippen LogP contribution in [0.1, 0.15) is 31.4 Å². The molecule has 1 fully saturated rings. The second-order valence-corrected chi connectivity index (χ2v) is 6.03. The van der Waals surface area contributed by atoms with Crippen molar-refractivity contribution in [2.24, 2.45) is 0 Å². The number of benzene rings is 1. The van der Waals surface area contributed by atoms with Gasteiger partial charge in [-0.05, 0) is 45.6 Å². The maximum absolute atomic E-state index is 3.54. The van der Waals surface area contributed by atoms with Gasteiger partial charge in [-0.25, -0.2) is 0 Å². The molecule has 0 aromatic heterocycles. The standard InChI is InChI=1S/C17H29N3/c1-4-18-13-17(15-9-6-5-7-10-15)20-12-8-11-16(20)14-19(2)3/h5-7,9-10,16-18H,4,8,11-14H2,1-3H3. The predicted octanol–water partition coefficient (Wildman–Crippen LogP) is 2.36. The largest absolute Gasteiger partial charge is 0.315 e. The van der Waals surface area contributed by atoms with Gasteiger partial charge in [0.25, 0.3) is 0 Å². The van der Waals surface area contributed by atoms with Gasteiger partial charge in [0.2, 0.25) is 0 Å². The Morgan fingerprint density at radius 2 is 2.05 bits per heavy atom. The summed E-state index contributed by atoms with van der Waals surface area (Å²) >= 11 is 0. The van der Waals surface area contributed by atoms with Crippen LogP contribution < -0.4 is 5.32 Å². The average molecular weight is 275 g/mol. The Balaban J connectivity index is 2.13. The second kappa shape index (κ2) is 7.77. The first-order valence-electron chi connectivity index (χ1n) is 7.88. The van der Waals surface area contributed by atoms with Gasteiger partial charge in [0, 0.05) is 25.2 Å². The highest BCUT2D eigenvalue weighted by atomic mass is 15.3. The minimum Gasteiger partial charge on any atom is -0.315 e. The zero-order valence-corrected chi connectivity index (χ0v) is 13.2. The number of likely N-dealkylation sites (tertiary alicyclic amines) is 1. The van der Waals surface area contributed by atoms with Crippen LogP contribution in [0, 0.1) is 0 Å². The molecule has 2 rings (SSSR count). The molecular weight excluding hydrogens is 246 g/mol. The number of hydrogen-bond donors (Lipinski definition) is 1. The molecule has 1 aromatic rings. The van der Waals surface area contributed by atoms with Crippen molar-refractivity contribution < 1.29 is 0 Å². The van der Waals surface area contributed by atoms with E-state index < -0.39 is 0 Å². The average Bonchev–Trinajstić information content (AvgIpc) is 2.88. The van der Waals surface area contributed by atoms with E-state index in [-0.39, 0.29) is 0 Å². The molecule has 2 unspecified atom stereocenters. The molecule has 0 bridgehead atoms. The lowest BCUT2D eigenvalue weighted by molar-refractivity contribution is 0.150. The molecule has 0 spiro atoms. The summed E-state index contributed by atoms with van der Waals surface area (Å²) in [7, 11) is 4.36. The third kappa shape index (κ3) is 4.05. The summed E-state index contributed by atoms with van der Waals surface area (Å²) in [6.45, 7) is 6.65. The molecule has 112 valence electrons. The summed E-state index contributed by atoms with van der Waals surface area (Å²) in [6, 6.07) is 12.2. The summed E-state index contributed by atoms with van der Waals surface area (Å²) in [5.74, 6) is 0. The lowest BCUT2D eigenvalue weighted by Crippen LogP contribution is -2.43. The molecule has 0 radical (unpaired) electrons. The van der Waals surface area contributed by atoms with E-state index in [0.717, 1.165) is 19.6 Å². The SMILES string of the molecule is CCNCC(c1ccccc1)N1CCCC1CN(C)C. The van der Waals surface area contributed by atoms with Crippen molar-refractivity contribution in [1.29, 1.82) is 0 Å². The molecule has 2 atom stereocenters. The van der Waals surface area contributed by atoms with Crippen LogP contribution in [0.2, 0.25) is 0 Å². The summed E-state index contributed by atoms with van der Waals surface area (Å²) < 4.78 is 0. The molecule has 0 aliphatic carbocycles. The third-order valence-corrected chi connectivity index (χ3v) is 4.17. The highest BCUT2D eigenvalue weighted by Gasteiger charge is 2.31. The Hall–Kier alpha value is -0.900. The zero-order valence-electron chi connectivity index (χ0n) is 13.2. The topological polar surface area (TPSA) is 18.5 Å². The number of rotatable bonds is 7. The van der Waals surface area contributed by atoms with Crippen molar-refractivity contribution in [2.75, 3.05) is 40.3 Å². The maximum Gasteiger partial charge on any atom is 0.0476 e. The van der Waals surface area contributed by atoms with Crippen molar-refractivity contribution in [3.63, 3.8) is 0 Å². The molecule has 20 heavy (non-hydrogen) atoms. The van der Waals surface area contributed by atoms with Crippen LogP contribution in [-0.4, -0.2) is 56.1 Å². The molecule has 1 aromatic carbocycles. The minimum atomic E-state index is 0.503. The van der Waals surface area contributed by atoms with Gasteiger partial charge in [-0.15, -0.1) is 0 Å². The summed E-state index contributed by atoms with van der Waals surface area (Å²) in [4.78, 5) is 5.02. The van der Waals surface area contributed by atoms with Gasteiger partial charge in [0.15, 0.2) is 0 Å². The molecule has 1 aliphatic rings. The van der Waals surface area contributed by atoms with Crippen LogP contribution >= 0.6 is 0 Å². The molecule has 0 saturated carbocycles. The zero-order chi connectivity index (χ0) is 14.4. The van der Waals surface area contributed by atoms with Gasteiger partial charge in [-0.2, -0.15) is 0 Å². The van der Waals surface area contributed by atoms with Crippen molar-refractivity contribution in [3.8, 4) is 0 Å². The van der Waals surface area contributed by atoms with Crippen molar-refractivity contribution in [1.82, 2.24) is 15.1 Å².